The van der Waals surface area contributed by atoms with Gasteiger partial charge in [-0.25, -0.2) is 13.1 Å². The molecule has 0 saturated carbocycles. The Balaban J connectivity index is 1.25. The average molecular weight is 445 g/mol. The minimum Gasteiger partial charge on any atom is -0.461 e. The zero-order valence-electron chi connectivity index (χ0n) is 16.5. The highest BCUT2D eigenvalue weighted by Crippen LogP contribution is 2.23. The maximum absolute atomic E-state index is 12.6. The average Bonchev–Trinajstić information content (AvgIpc) is 3.46. The van der Waals surface area contributed by atoms with Gasteiger partial charge in [0.05, 0.1) is 0 Å². The summed E-state index contributed by atoms with van der Waals surface area (Å²) in [7, 11) is -3.47. The molecule has 1 saturated heterocycles. The van der Waals surface area contributed by atoms with E-state index in [2.05, 4.69) is 4.72 Å². The molecule has 1 fully saturated rings. The van der Waals surface area contributed by atoms with E-state index >= 15 is 0 Å². The van der Waals surface area contributed by atoms with Crippen LogP contribution in [0.15, 0.2) is 68.6 Å². The highest BCUT2D eigenvalue weighted by Gasteiger charge is 2.27. The second kappa shape index (κ2) is 9.16. The van der Waals surface area contributed by atoms with Gasteiger partial charge in [-0.15, -0.1) is 11.3 Å². The zero-order valence-corrected chi connectivity index (χ0v) is 18.1. The number of carbonyl (C=O) groups is 1. The molecule has 3 aromatic rings. The third-order valence-electron chi connectivity index (χ3n) is 5.23. The summed E-state index contributed by atoms with van der Waals surface area (Å²) >= 11 is 1.20. The number of nitrogens with zero attached hydrogens (tertiary/aromatic N) is 1. The lowest BCUT2D eigenvalue weighted by atomic mass is 10.1. The number of rotatable bonds is 7. The molecule has 0 spiro atoms. The molecule has 1 aliphatic rings. The van der Waals surface area contributed by atoms with Crippen LogP contribution in [0.5, 0.6) is 0 Å². The van der Waals surface area contributed by atoms with Crippen LogP contribution in [-0.4, -0.2) is 38.4 Å². The summed E-state index contributed by atoms with van der Waals surface area (Å²) in [4.78, 5) is 14.4. The highest BCUT2D eigenvalue weighted by atomic mass is 32.2. The molecule has 4 rings (SSSR count). The van der Waals surface area contributed by atoms with E-state index in [1.54, 1.807) is 17.5 Å². The van der Waals surface area contributed by atoms with Crippen molar-refractivity contribution in [2.45, 2.75) is 35.9 Å². The van der Waals surface area contributed by atoms with E-state index < -0.39 is 10.0 Å². The summed E-state index contributed by atoms with van der Waals surface area (Å²) in [6.07, 6.45) is 2.18. The zero-order chi connectivity index (χ0) is 21.0. The highest BCUT2D eigenvalue weighted by molar-refractivity contribution is 7.91. The van der Waals surface area contributed by atoms with Crippen LogP contribution in [0.3, 0.4) is 0 Å². The molecule has 1 amide bonds. The minimum absolute atomic E-state index is 0.0761. The van der Waals surface area contributed by atoms with Crippen molar-refractivity contribution in [1.82, 2.24) is 9.62 Å². The molecule has 158 valence electrons. The number of thiophene rings is 1. The number of nitrogens with one attached hydrogen (secondary N) is 1. The van der Waals surface area contributed by atoms with Gasteiger partial charge in [-0.3, -0.25) is 4.79 Å². The van der Waals surface area contributed by atoms with Gasteiger partial charge in [0.2, 0.25) is 15.9 Å². The standard InChI is InChI=1S/C22H24N2O4S2/c25-21(11-9-19-8-10-20(28-19)17-5-2-1-3-6-17)24-14-12-18(13-15-24)23-30(26,27)22-7-4-16-29-22/h1-8,10,16,18,23H,9,11-15H2. The van der Waals surface area contributed by atoms with E-state index in [0.29, 0.717) is 43.0 Å². The van der Waals surface area contributed by atoms with Gasteiger partial charge in [-0.05, 0) is 36.4 Å². The first-order chi connectivity index (χ1) is 14.5. The fourth-order valence-electron chi connectivity index (χ4n) is 3.60. The van der Waals surface area contributed by atoms with E-state index in [0.717, 1.165) is 17.1 Å². The van der Waals surface area contributed by atoms with Gasteiger partial charge in [0.25, 0.3) is 0 Å². The predicted molar refractivity (Wildman–Crippen MR) is 117 cm³/mol. The lowest BCUT2D eigenvalue weighted by Crippen LogP contribution is -2.46. The molecule has 1 aliphatic heterocycles. The Morgan fingerprint density at radius 2 is 1.83 bits per heavy atom. The van der Waals surface area contributed by atoms with Gasteiger partial charge in [-0.2, -0.15) is 0 Å². The van der Waals surface area contributed by atoms with Gasteiger partial charge in [0.1, 0.15) is 15.7 Å². The molecular weight excluding hydrogens is 420 g/mol. The number of carbonyl (C=O) groups excluding carboxylic acids is 1. The fraction of sp³-hybridized carbons (Fsp3) is 0.318. The summed E-state index contributed by atoms with van der Waals surface area (Å²) in [6, 6.07) is 16.9. The number of furan rings is 1. The third-order valence-corrected chi connectivity index (χ3v) is 8.15. The van der Waals surface area contributed by atoms with Crippen LogP contribution < -0.4 is 4.72 Å². The normalized spacial score (nSPS) is 15.4. The van der Waals surface area contributed by atoms with Crippen molar-refractivity contribution in [2.24, 2.45) is 0 Å². The summed E-state index contributed by atoms with van der Waals surface area (Å²) in [5, 5.41) is 1.75. The Bertz CT molecular complexity index is 1070. The quantitative estimate of drug-likeness (QED) is 0.599. The number of aryl methyl sites for hydroxylation is 1. The van der Waals surface area contributed by atoms with Crippen molar-refractivity contribution in [3.63, 3.8) is 0 Å². The monoisotopic (exact) mass is 444 g/mol. The third kappa shape index (κ3) is 5.00. The second-order valence-corrected chi connectivity index (χ2v) is 10.2. The van der Waals surface area contributed by atoms with Crippen LogP contribution in [0, 0.1) is 0 Å². The van der Waals surface area contributed by atoms with Gasteiger partial charge in [0.15, 0.2) is 0 Å². The summed E-state index contributed by atoms with van der Waals surface area (Å²) in [5.74, 6) is 1.67. The molecule has 0 atom stereocenters. The predicted octanol–water partition coefficient (Wildman–Crippen LogP) is 3.91. The molecule has 8 heteroatoms. The topological polar surface area (TPSA) is 79.6 Å². The van der Waals surface area contributed by atoms with Crippen LogP contribution in [0.4, 0.5) is 0 Å². The molecule has 2 aromatic heterocycles. The summed E-state index contributed by atoms with van der Waals surface area (Å²) < 4.78 is 33.7. The van der Waals surface area contributed by atoms with E-state index in [1.165, 1.54) is 11.3 Å². The van der Waals surface area contributed by atoms with Crippen molar-refractivity contribution < 1.29 is 17.6 Å². The molecule has 1 N–H and O–H groups in total. The molecule has 0 unspecified atom stereocenters. The number of piperidine rings is 1. The molecule has 30 heavy (non-hydrogen) atoms. The van der Waals surface area contributed by atoms with Crippen LogP contribution in [-0.2, 0) is 21.2 Å². The molecular formula is C22H24N2O4S2. The van der Waals surface area contributed by atoms with Crippen LogP contribution in [0.25, 0.3) is 11.3 Å². The van der Waals surface area contributed by atoms with E-state index in [9.17, 15) is 13.2 Å². The first kappa shape index (κ1) is 20.8. The number of hydrogen-bond acceptors (Lipinski definition) is 5. The van der Waals surface area contributed by atoms with Gasteiger partial charge in [-0.1, -0.05) is 36.4 Å². The maximum Gasteiger partial charge on any atom is 0.250 e. The maximum atomic E-state index is 12.6. The fourth-order valence-corrected chi connectivity index (χ4v) is 5.91. The van der Waals surface area contributed by atoms with E-state index in [4.69, 9.17) is 4.42 Å². The van der Waals surface area contributed by atoms with Gasteiger partial charge in [0, 0.05) is 37.5 Å². The minimum atomic E-state index is -3.47. The Morgan fingerprint density at radius 3 is 2.53 bits per heavy atom. The lowest BCUT2D eigenvalue weighted by Gasteiger charge is -2.32. The van der Waals surface area contributed by atoms with Crippen molar-refractivity contribution in [3.05, 3.63) is 65.7 Å². The number of benzene rings is 1. The Kier molecular flexibility index (Phi) is 6.36. The number of amides is 1. The molecule has 1 aromatic carbocycles. The molecule has 0 aliphatic carbocycles. The van der Waals surface area contributed by atoms with Crippen LogP contribution in [0.2, 0.25) is 0 Å². The van der Waals surface area contributed by atoms with Crippen molar-refractivity contribution in [2.75, 3.05) is 13.1 Å². The number of sulfonamides is 1. The SMILES string of the molecule is O=C(CCc1ccc(-c2ccccc2)o1)N1CCC(NS(=O)(=O)c2cccs2)CC1. The van der Waals surface area contributed by atoms with Crippen LogP contribution in [0.1, 0.15) is 25.0 Å². The number of likely N-dealkylation sites (tertiary alicyclic amines) is 1. The lowest BCUT2D eigenvalue weighted by molar-refractivity contribution is -0.132. The van der Waals surface area contributed by atoms with Crippen molar-refractivity contribution >= 4 is 27.3 Å². The first-order valence-corrected chi connectivity index (χ1v) is 12.4. The van der Waals surface area contributed by atoms with Crippen molar-refractivity contribution in [3.8, 4) is 11.3 Å². The Labute approximate surface area is 180 Å². The van der Waals surface area contributed by atoms with Gasteiger partial charge >= 0.3 is 0 Å². The van der Waals surface area contributed by atoms with E-state index in [-0.39, 0.29) is 11.9 Å². The second-order valence-electron chi connectivity index (χ2n) is 7.34. The molecule has 6 nitrogen and oxygen atoms in total. The van der Waals surface area contributed by atoms with Crippen molar-refractivity contribution in [1.29, 1.82) is 0 Å². The Hall–Kier alpha value is -2.42. The summed E-state index contributed by atoms with van der Waals surface area (Å²) in [5.41, 5.74) is 1.02. The molecule has 0 radical (unpaired) electrons. The Morgan fingerprint density at radius 1 is 1.07 bits per heavy atom. The van der Waals surface area contributed by atoms with Gasteiger partial charge < -0.3 is 9.32 Å². The summed E-state index contributed by atoms with van der Waals surface area (Å²) in [6.45, 7) is 1.12. The first-order valence-electron chi connectivity index (χ1n) is 9.99. The number of hydrogen-bond donors (Lipinski definition) is 1. The largest absolute Gasteiger partial charge is 0.461 e. The van der Waals surface area contributed by atoms with Crippen LogP contribution >= 0.6 is 11.3 Å². The molecule has 3 heterocycles. The molecule has 0 bridgehead atoms. The smallest absolute Gasteiger partial charge is 0.250 e. The van der Waals surface area contributed by atoms with E-state index in [1.807, 2.05) is 47.4 Å².